The van der Waals surface area contributed by atoms with E-state index in [0.717, 1.165) is 6.26 Å². The molecule has 6 nitrogen and oxygen atoms in total. The molecule has 7 heteroatoms. The molecule has 1 aliphatic rings. The van der Waals surface area contributed by atoms with Crippen molar-refractivity contribution in [3.63, 3.8) is 0 Å². The van der Waals surface area contributed by atoms with E-state index in [0.29, 0.717) is 18.8 Å². The van der Waals surface area contributed by atoms with Gasteiger partial charge in [-0.05, 0) is 18.8 Å². The Morgan fingerprint density at radius 3 is 2.47 bits per heavy atom. The molecule has 0 heterocycles. The number of amides is 1. The molecular formula is C10H17N3O3S. The van der Waals surface area contributed by atoms with E-state index in [9.17, 15) is 13.2 Å². The molecule has 2 N–H and O–H groups in total. The maximum absolute atomic E-state index is 11.7. The fourth-order valence-electron chi connectivity index (χ4n) is 2.04. The van der Waals surface area contributed by atoms with Crippen molar-refractivity contribution in [1.29, 1.82) is 5.26 Å². The van der Waals surface area contributed by atoms with Crippen molar-refractivity contribution in [2.24, 2.45) is 11.3 Å². The van der Waals surface area contributed by atoms with Crippen molar-refractivity contribution in [1.82, 2.24) is 10.0 Å². The number of sulfonamides is 1. The van der Waals surface area contributed by atoms with E-state index in [1.807, 2.05) is 6.92 Å². The standard InChI is InChI=1S/C10H17N3O3S/c1-8-5-10(6-8,7-11)9(14)12-3-4-13-17(2,15)16/h8,13H,3-6H2,1-2H3,(H,12,14). The molecule has 0 bridgehead atoms. The minimum atomic E-state index is -3.23. The molecule has 0 aliphatic heterocycles. The summed E-state index contributed by atoms with van der Waals surface area (Å²) in [5.41, 5.74) is -0.898. The van der Waals surface area contributed by atoms with Crippen LogP contribution in [-0.2, 0) is 14.8 Å². The van der Waals surface area contributed by atoms with Crippen LogP contribution in [-0.4, -0.2) is 33.7 Å². The van der Waals surface area contributed by atoms with Crippen molar-refractivity contribution in [3.8, 4) is 6.07 Å². The fraction of sp³-hybridized carbons (Fsp3) is 0.800. The zero-order valence-corrected chi connectivity index (χ0v) is 10.8. The van der Waals surface area contributed by atoms with Crippen molar-refractivity contribution in [2.75, 3.05) is 19.3 Å². The van der Waals surface area contributed by atoms with Crippen LogP contribution in [0, 0.1) is 22.7 Å². The molecule has 0 aromatic heterocycles. The number of hydrogen-bond donors (Lipinski definition) is 2. The van der Waals surface area contributed by atoms with E-state index in [1.165, 1.54) is 0 Å². The molecule has 1 saturated carbocycles. The lowest BCUT2D eigenvalue weighted by Gasteiger charge is -2.39. The van der Waals surface area contributed by atoms with Gasteiger partial charge in [-0.15, -0.1) is 0 Å². The van der Waals surface area contributed by atoms with E-state index >= 15 is 0 Å². The highest BCUT2D eigenvalue weighted by Gasteiger charge is 2.48. The predicted octanol–water partition coefficient (Wildman–Crippen LogP) is -0.408. The highest BCUT2D eigenvalue weighted by Crippen LogP contribution is 2.44. The fourth-order valence-corrected chi connectivity index (χ4v) is 2.51. The summed E-state index contributed by atoms with van der Waals surface area (Å²) in [6.45, 7) is 2.33. The zero-order chi connectivity index (χ0) is 13.1. The van der Waals surface area contributed by atoms with Gasteiger partial charge in [-0.1, -0.05) is 6.92 Å². The maximum atomic E-state index is 11.7. The SMILES string of the molecule is CC1CC(C#N)(C(=O)NCCNS(C)(=O)=O)C1. The third kappa shape index (κ3) is 3.68. The summed E-state index contributed by atoms with van der Waals surface area (Å²) in [4.78, 5) is 11.7. The smallest absolute Gasteiger partial charge is 0.240 e. The molecule has 1 aliphatic carbocycles. The molecule has 1 amide bonds. The molecule has 17 heavy (non-hydrogen) atoms. The minimum absolute atomic E-state index is 0.141. The first kappa shape index (κ1) is 13.9. The first-order valence-corrected chi connectivity index (χ1v) is 7.32. The highest BCUT2D eigenvalue weighted by atomic mass is 32.2. The van der Waals surface area contributed by atoms with Crippen LogP contribution < -0.4 is 10.0 Å². The molecule has 0 unspecified atom stereocenters. The molecule has 0 radical (unpaired) electrons. The Kier molecular flexibility index (Phi) is 4.11. The lowest BCUT2D eigenvalue weighted by Crippen LogP contribution is -2.49. The van der Waals surface area contributed by atoms with Crippen molar-refractivity contribution < 1.29 is 13.2 Å². The maximum Gasteiger partial charge on any atom is 0.240 e. The average molecular weight is 259 g/mol. The molecule has 1 fully saturated rings. The summed E-state index contributed by atoms with van der Waals surface area (Å²) in [6.07, 6.45) is 2.21. The second-order valence-corrected chi connectivity index (χ2v) is 6.46. The number of nitrogens with one attached hydrogen (secondary N) is 2. The van der Waals surface area contributed by atoms with E-state index in [1.54, 1.807) is 0 Å². The van der Waals surface area contributed by atoms with Crippen LogP contribution in [0.2, 0.25) is 0 Å². The summed E-state index contributed by atoms with van der Waals surface area (Å²) in [6, 6.07) is 2.05. The topological polar surface area (TPSA) is 99.1 Å². The normalized spacial score (nSPS) is 27.9. The molecule has 0 aromatic carbocycles. The molecule has 96 valence electrons. The van der Waals surface area contributed by atoms with E-state index in [-0.39, 0.29) is 19.0 Å². The largest absolute Gasteiger partial charge is 0.353 e. The van der Waals surface area contributed by atoms with Crippen LogP contribution in [0.5, 0.6) is 0 Å². The lowest BCUT2D eigenvalue weighted by molar-refractivity contribution is -0.133. The molecule has 0 aromatic rings. The predicted molar refractivity (Wildman–Crippen MR) is 62.3 cm³/mol. The minimum Gasteiger partial charge on any atom is -0.353 e. The second-order valence-electron chi connectivity index (χ2n) is 4.63. The Labute approximate surface area is 101 Å². The summed E-state index contributed by atoms with van der Waals surface area (Å²) in [7, 11) is -3.23. The van der Waals surface area contributed by atoms with E-state index in [2.05, 4.69) is 16.1 Å². The average Bonchev–Trinajstić information content (AvgIpc) is 2.17. The van der Waals surface area contributed by atoms with Crippen LogP contribution in [0.15, 0.2) is 0 Å². The number of hydrogen-bond acceptors (Lipinski definition) is 4. The van der Waals surface area contributed by atoms with Gasteiger partial charge in [-0.25, -0.2) is 13.1 Å². The van der Waals surface area contributed by atoms with Gasteiger partial charge in [-0.2, -0.15) is 5.26 Å². The zero-order valence-electron chi connectivity index (χ0n) is 9.99. The van der Waals surface area contributed by atoms with Crippen LogP contribution >= 0.6 is 0 Å². The van der Waals surface area contributed by atoms with E-state index in [4.69, 9.17) is 5.26 Å². The van der Waals surface area contributed by atoms with Crippen molar-refractivity contribution in [2.45, 2.75) is 19.8 Å². The van der Waals surface area contributed by atoms with Crippen LogP contribution in [0.1, 0.15) is 19.8 Å². The third-order valence-electron chi connectivity index (χ3n) is 2.82. The number of carbonyl (C=O) groups excluding carboxylic acids is 1. The number of rotatable bonds is 5. The molecule has 0 saturated heterocycles. The first-order chi connectivity index (χ1) is 7.79. The Morgan fingerprint density at radius 2 is 2.06 bits per heavy atom. The van der Waals surface area contributed by atoms with Gasteiger partial charge in [0.1, 0.15) is 5.41 Å². The number of nitrogens with zero attached hydrogens (tertiary/aromatic N) is 1. The van der Waals surface area contributed by atoms with E-state index < -0.39 is 15.4 Å². The Morgan fingerprint density at radius 1 is 1.47 bits per heavy atom. The van der Waals surface area contributed by atoms with Gasteiger partial charge in [0.2, 0.25) is 15.9 Å². The Bertz CT molecular complexity index is 432. The number of nitriles is 1. The van der Waals surface area contributed by atoms with Gasteiger partial charge in [0, 0.05) is 13.1 Å². The van der Waals surface area contributed by atoms with Gasteiger partial charge in [0.25, 0.3) is 0 Å². The monoisotopic (exact) mass is 259 g/mol. The lowest BCUT2D eigenvalue weighted by atomic mass is 9.63. The summed E-state index contributed by atoms with van der Waals surface area (Å²) in [5, 5.41) is 11.6. The van der Waals surface area contributed by atoms with Crippen molar-refractivity contribution >= 4 is 15.9 Å². The van der Waals surface area contributed by atoms with Gasteiger partial charge in [0.15, 0.2) is 0 Å². The van der Waals surface area contributed by atoms with Gasteiger partial charge >= 0.3 is 0 Å². The van der Waals surface area contributed by atoms with Gasteiger partial charge in [0.05, 0.1) is 12.3 Å². The second kappa shape index (κ2) is 5.02. The van der Waals surface area contributed by atoms with Crippen LogP contribution in [0.4, 0.5) is 0 Å². The third-order valence-corrected chi connectivity index (χ3v) is 3.55. The Balaban J connectivity index is 2.33. The molecule has 0 atom stereocenters. The first-order valence-electron chi connectivity index (χ1n) is 5.43. The molecule has 0 spiro atoms. The summed E-state index contributed by atoms with van der Waals surface area (Å²) in [5.74, 6) is 0.0999. The van der Waals surface area contributed by atoms with Crippen LogP contribution in [0.25, 0.3) is 0 Å². The summed E-state index contributed by atoms with van der Waals surface area (Å²) >= 11 is 0. The van der Waals surface area contributed by atoms with Crippen LogP contribution in [0.3, 0.4) is 0 Å². The quantitative estimate of drug-likeness (QED) is 0.656. The van der Waals surface area contributed by atoms with Gasteiger partial charge < -0.3 is 5.32 Å². The molecular weight excluding hydrogens is 242 g/mol. The highest BCUT2D eigenvalue weighted by molar-refractivity contribution is 7.88. The van der Waals surface area contributed by atoms with Gasteiger partial charge in [-0.3, -0.25) is 4.79 Å². The Hall–Kier alpha value is -1.13. The van der Waals surface area contributed by atoms with Crippen molar-refractivity contribution in [3.05, 3.63) is 0 Å². The number of carbonyl (C=O) groups is 1. The molecule has 1 rings (SSSR count). The summed E-state index contributed by atoms with van der Waals surface area (Å²) < 4.78 is 23.8.